The van der Waals surface area contributed by atoms with Gasteiger partial charge in [0, 0.05) is 24.8 Å². The minimum absolute atomic E-state index is 0.199. The molecular formula is C13H21N3O2. The van der Waals surface area contributed by atoms with Crippen molar-refractivity contribution in [3.8, 4) is 0 Å². The average Bonchev–Trinajstić information content (AvgIpc) is 2.38. The van der Waals surface area contributed by atoms with E-state index in [1.165, 1.54) is 7.11 Å². The monoisotopic (exact) mass is 251 g/mol. The fourth-order valence-electron chi connectivity index (χ4n) is 1.72. The molecule has 0 spiro atoms. The summed E-state index contributed by atoms with van der Waals surface area (Å²) in [6.07, 6.45) is 1.25. The molecule has 0 bridgehead atoms. The molecule has 0 amide bonds. The molecule has 0 saturated heterocycles. The van der Waals surface area contributed by atoms with E-state index in [4.69, 9.17) is 0 Å². The highest BCUT2D eigenvalue weighted by molar-refractivity contribution is 5.69. The number of aromatic nitrogens is 2. The molecule has 0 atom stereocenters. The van der Waals surface area contributed by atoms with Crippen LogP contribution in [0.25, 0.3) is 0 Å². The van der Waals surface area contributed by atoms with Gasteiger partial charge >= 0.3 is 5.97 Å². The van der Waals surface area contributed by atoms with Gasteiger partial charge in [-0.2, -0.15) is 0 Å². The summed E-state index contributed by atoms with van der Waals surface area (Å²) in [4.78, 5) is 22.0. The molecule has 18 heavy (non-hydrogen) atoms. The van der Waals surface area contributed by atoms with E-state index in [1.54, 1.807) is 0 Å². The predicted molar refractivity (Wildman–Crippen MR) is 70.7 cm³/mol. The first-order chi connectivity index (χ1) is 8.60. The Hall–Kier alpha value is -1.65. The lowest BCUT2D eigenvalue weighted by atomic mass is 10.3. The van der Waals surface area contributed by atoms with E-state index in [2.05, 4.69) is 26.5 Å². The minimum atomic E-state index is -0.199. The highest BCUT2D eigenvalue weighted by atomic mass is 16.5. The zero-order chi connectivity index (χ0) is 13.5. The summed E-state index contributed by atoms with van der Waals surface area (Å²) >= 11 is 0. The van der Waals surface area contributed by atoms with Gasteiger partial charge in [-0.25, -0.2) is 9.97 Å². The first-order valence-electron chi connectivity index (χ1n) is 6.27. The molecule has 1 heterocycles. The van der Waals surface area contributed by atoms with Crippen LogP contribution in [0.5, 0.6) is 0 Å². The highest BCUT2D eigenvalue weighted by Crippen LogP contribution is 2.13. The number of anilines is 1. The van der Waals surface area contributed by atoms with Crippen LogP contribution < -0.4 is 4.90 Å². The Bertz CT molecular complexity index is 407. The van der Waals surface area contributed by atoms with Crippen molar-refractivity contribution in [2.24, 2.45) is 0 Å². The van der Waals surface area contributed by atoms with Gasteiger partial charge in [-0.05, 0) is 20.3 Å². The normalized spacial score (nSPS) is 10.2. The van der Waals surface area contributed by atoms with E-state index in [1.807, 2.05) is 19.9 Å². The van der Waals surface area contributed by atoms with Crippen LogP contribution in [-0.4, -0.2) is 36.1 Å². The van der Waals surface area contributed by atoms with E-state index in [0.29, 0.717) is 13.0 Å². The van der Waals surface area contributed by atoms with E-state index < -0.39 is 0 Å². The second kappa shape index (κ2) is 6.93. The largest absolute Gasteiger partial charge is 0.469 e. The summed E-state index contributed by atoms with van der Waals surface area (Å²) in [5.74, 6) is 1.45. The Labute approximate surface area is 108 Å². The summed E-state index contributed by atoms with van der Waals surface area (Å²) in [5, 5.41) is 0. The Kier molecular flexibility index (Phi) is 5.55. The third-order valence-corrected chi connectivity index (χ3v) is 2.76. The van der Waals surface area contributed by atoms with Crippen LogP contribution in [0.15, 0.2) is 6.07 Å². The molecule has 0 aliphatic carbocycles. The number of nitrogens with zero attached hydrogens (tertiary/aromatic N) is 3. The lowest BCUT2D eigenvalue weighted by Crippen LogP contribution is -2.27. The maximum atomic E-state index is 11.2. The van der Waals surface area contributed by atoms with Crippen molar-refractivity contribution in [2.75, 3.05) is 25.1 Å². The topological polar surface area (TPSA) is 55.3 Å². The summed E-state index contributed by atoms with van der Waals surface area (Å²) in [5.41, 5.74) is 1.02. The van der Waals surface area contributed by atoms with Gasteiger partial charge in [-0.1, -0.05) is 6.92 Å². The van der Waals surface area contributed by atoms with Gasteiger partial charge < -0.3 is 9.64 Å². The molecule has 0 unspecified atom stereocenters. The molecule has 100 valence electrons. The molecule has 0 fully saturated rings. The van der Waals surface area contributed by atoms with Crippen LogP contribution in [0.3, 0.4) is 0 Å². The lowest BCUT2D eigenvalue weighted by Gasteiger charge is -2.22. The predicted octanol–water partition coefficient (Wildman–Crippen LogP) is 1.74. The average molecular weight is 251 g/mol. The zero-order valence-corrected chi connectivity index (χ0v) is 11.6. The third-order valence-electron chi connectivity index (χ3n) is 2.76. The number of carbonyl (C=O) groups is 1. The molecule has 0 aliphatic heterocycles. The van der Waals surface area contributed by atoms with Crippen molar-refractivity contribution in [2.45, 2.75) is 33.6 Å². The number of aryl methyl sites for hydroxylation is 2. The zero-order valence-electron chi connectivity index (χ0n) is 11.6. The lowest BCUT2D eigenvalue weighted by molar-refractivity contribution is -0.140. The molecule has 0 radical (unpaired) electrons. The molecule has 0 N–H and O–H groups in total. The van der Waals surface area contributed by atoms with Crippen molar-refractivity contribution < 1.29 is 9.53 Å². The molecular weight excluding hydrogens is 230 g/mol. The smallest absolute Gasteiger partial charge is 0.307 e. The van der Waals surface area contributed by atoms with Gasteiger partial charge in [0.25, 0.3) is 0 Å². The minimum Gasteiger partial charge on any atom is -0.469 e. The number of methoxy groups -OCH3 is 1. The number of ether oxygens (including phenoxy) is 1. The van der Waals surface area contributed by atoms with Crippen LogP contribution in [0.1, 0.15) is 31.8 Å². The van der Waals surface area contributed by atoms with Gasteiger partial charge in [0.15, 0.2) is 0 Å². The quantitative estimate of drug-likeness (QED) is 0.721. The molecule has 0 aromatic carbocycles. The Balaban J connectivity index is 2.80. The maximum absolute atomic E-state index is 11.2. The van der Waals surface area contributed by atoms with E-state index in [-0.39, 0.29) is 5.97 Å². The van der Waals surface area contributed by atoms with Crippen molar-refractivity contribution in [3.05, 3.63) is 17.6 Å². The van der Waals surface area contributed by atoms with Gasteiger partial charge in [-0.15, -0.1) is 0 Å². The van der Waals surface area contributed by atoms with Crippen LogP contribution in [-0.2, 0) is 16.0 Å². The van der Waals surface area contributed by atoms with Crippen LogP contribution >= 0.6 is 0 Å². The van der Waals surface area contributed by atoms with Gasteiger partial charge in [0.1, 0.15) is 11.6 Å². The van der Waals surface area contributed by atoms with Gasteiger partial charge in [-0.3, -0.25) is 4.79 Å². The van der Waals surface area contributed by atoms with Crippen LogP contribution in [0.4, 0.5) is 5.82 Å². The molecule has 5 heteroatoms. The van der Waals surface area contributed by atoms with Gasteiger partial charge in [0.2, 0.25) is 0 Å². The molecule has 1 rings (SSSR count). The Morgan fingerprint density at radius 3 is 2.67 bits per heavy atom. The number of hydrogen-bond acceptors (Lipinski definition) is 5. The third kappa shape index (κ3) is 3.98. The number of esters is 1. The van der Waals surface area contributed by atoms with Crippen molar-refractivity contribution >= 4 is 11.8 Å². The summed E-state index contributed by atoms with van der Waals surface area (Å²) in [7, 11) is 1.41. The number of rotatable bonds is 6. The second-order valence-corrected chi connectivity index (χ2v) is 4.02. The molecule has 5 nitrogen and oxygen atoms in total. The van der Waals surface area contributed by atoms with Gasteiger partial charge in [0.05, 0.1) is 13.5 Å². The molecule has 1 aromatic heterocycles. The van der Waals surface area contributed by atoms with E-state index in [0.717, 1.165) is 30.3 Å². The highest BCUT2D eigenvalue weighted by Gasteiger charge is 2.10. The first-order valence-corrected chi connectivity index (χ1v) is 6.27. The number of carbonyl (C=O) groups excluding carboxylic acids is 1. The molecule has 0 aliphatic rings. The second-order valence-electron chi connectivity index (χ2n) is 4.02. The fourth-order valence-corrected chi connectivity index (χ4v) is 1.72. The molecule has 0 saturated carbocycles. The van der Waals surface area contributed by atoms with Crippen LogP contribution in [0.2, 0.25) is 0 Å². The van der Waals surface area contributed by atoms with E-state index in [9.17, 15) is 4.79 Å². The Morgan fingerprint density at radius 2 is 2.11 bits per heavy atom. The summed E-state index contributed by atoms with van der Waals surface area (Å²) < 4.78 is 4.65. The van der Waals surface area contributed by atoms with Crippen molar-refractivity contribution in [1.29, 1.82) is 0 Å². The SMILES string of the molecule is CCc1cc(N(CC)CCC(=O)OC)nc(C)n1. The molecule has 1 aromatic rings. The maximum Gasteiger partial charge on any atom is 0.307 e. The van der Waals surface area contributed by atoms with Crippen LogP contribution in [0, 0.1) is 6.92 Å². The summed E-state index contributed by atoms with van der Waals surface area (Å²) in [6.45, 7) is 7.41. The van der Waals surface area contributed by atoms with Crippen molar-refractivity contribution in [1.82, 2.24) is 9.97 Å². The first kappa shape index (κ1) is 14.4. The van der Waals surface area contributed by atoms with Crippen molar-refractivity contribution in [3.63, 3.8) is 0 Å². The summed E-state index contributed by atoms with van der Waals surface area (Å²) in [6, 6.07) is 1.98. The van der Waals surface area contributed by atoms with E-state index >= 15 is 0 Å². The Morgan fingerprint density at radius 1 is 1.39 bits per heavy atom. The number of hydrogen-bond donors (Lipinski definition) is 0. The standard InChI is InChI=1S/C13H21N3O2/c1-5-11-9-12(15-10(3)14-11)16(6-2)8-7-13(17)18-4/h9H,5-8H2,1-4H3. The fraction of sp³-hybridized carbons (Fsp3) is 0.615.